The maximum Gasteiger partial charge on any atom is 0.307 e. The summed E-state index contributed by atoms with van der Waals surface area (Å²) in [5.74, 6) is -0.264. The molecule has 0 spiro atoms. The van der Waals surface area contributed by atoms with E-state index in [0.29, 0.717) is 26.2 Å². The van der Waals surface area contributed by atoms with Gasteiger partial charge in [-0.3, -0.25) is 4.79 Å². The van der Waals surface area contributed by atoms with E-state index in [1.165, 1.54) is 0 Å². The molecule has 0 radical (unpaired) electrons. The van der Waals surface area contributed by atoms with Crippen molar-refractivity contribution < 1.29 is 14.6 Å². The SMILES string of the molecule is CN(CCO)CCOC(=O)CCN. The van der Waals surface area contributed by atoms with Crippen LogP contribution in [0.3, 0.4) is 0 Å². The first kappa shape index (κ1) is 12.3. The quantitative estimate of drug-likeness (QED) is 0.493. The minimum absolute atomic E-state index is 0.118. The third-order valence-electron chi connectivity index (χ3n) is 1.57. The Balaban J connectivity index is 3.28. The molecule has 5 nitrogen and oxygen atoms in total. The maximum atomic E-state index is 10.8. The monoisotopic (exact) mass is 190 g/mol. The number of hydrogen-bond donors (Lipinski definition) is 2. The average Bonchev–Trinajstić information content (AvgIpc) is 2.05. The van der Waals surface area contributed by atoms with Gasteiger partial charge in [0.05, 0.1) is 13.0 Å². The van der Waals surface area contributed by atoms with E-state index in [4.69, 9.17) is 15.6 Å². The number of rotatable bonds is 7. The largest absolute Gasteiger partial charge is 0.464 e. The normalized spacial score (nSPS) is 10.5. The van der Waals surface area contributed by atoms with Gasteiger partial charge < -0.3 is 20.5 Å². The third-order valence-corrected chi connectivity index (χ3v) is 1.57. The van der Waals surface area contributed by atoms with Gasteiger partial charge >= 0.3 is 5.97 Å². The van der Waals surface area contributed by atoms with Gasteiger partial charge in [-0.25, -0.2) is 0 Å². The number of hydrogen-bond acceptors (Lipinski definition) is 5. The molecule has 0 aromatic carbocycles. The summed E-state index contributed by atoms with van der Waals surface area (Å²) in [6.07, 6.45) is 0.268. The Hall–Kier alpha value is -0.650. The van der Waals surface area contributed by atoms with Crippen LogP contribution in [0, 0.1) is 0 Å². The van der Waals surface area contributed by atoms with Crippen LogP contribution in [0.25, 0.3) is 0 Å². The van der Waals surface area contributed by atoms with Gasteiger partial charge in [-0.2, -0.15) is 0 Å². The standard InChI is InChI=1S/C8H18N2O3/c1-10(4-6-11)5-7-13-8(12)2-3-9/h11H,2-7,9H2,1H3. The fourth-order valence-corrected chi connectivity index (χ4v) is 0.788. The number of likely N-dealkylation sites (N-methyl/N-ethyl adjacent to an activating group) is 1. The van der Waals surface area contributed by atoms with Gasteiger partial charge in [0, 0.05) is 19.6 Å². The van der Waals surface area contributed by atoms with Crippen molar-refractivity contribution in [3.63, 3.8) is 0 Å². The van der Waals surface area contributed by atoms with Crippen molar-refractivity contribution in [3.8, 4) is 0 Å². The number of aliphatic hydroxyl groups excluding tert-OH is 1. The fraction of sp³-hybridized carbons (Fsp3) is 0.875. The van der Waals surface area contributed by atoms with Gasteiger partial charge in [-0.1, -0.05) is 0 Å². The molecule has 0 amide bonds. The number of nitrogens with two attached hydrogens (primary N) is 1. The van der Waals surface area contributed by atoms with Gasteiger partial charge in [-0.05, 0) is 7.05 Å². The molecule has 78 valence electrons. The molecule has 0 saturated carbocycles. The second-order valence-corrected chi connectivity index (χ2v) is 2.79. The molecule has 0 aromatic rings. The van der Waals surface area contributed by atoms with E-state index < -0.39 is 0 Å². The first-order valence-corrected chi connectivity index (χ1v) is 4.35. The molecule has 0 heterocycles. The second kappa shape index (κ2) is 7.97. The number of aliphatic hydroxyl groups is 1. The van der Waals surface area contributed by atoms with Crippen LogP contribution in [0.4, 0.5) is 0 Å². The minimum Gasteiger partial charge on any atom is -0.464 e. The van der Waals surface area contributed by atoms with Crippen LogP contribution in [0.2, 0.25) is 0 Å². The van der Waals surface area contributed by atoms with Crippen LogP contribution in [-0.4, -0.2) is 55.9 Å². The Morgan fingerprint density at radius 3 is 2.77 bits per heavy atom. The van der Waals surface area contributed by atoms with Crippen molar-refractivity contribution in [3.05, 3.63) is 0 Å². The summed E-state index contributed by atoms with van der Waals surface area (Å²) in [6, 6.07) is 0. The molecule has 0 aliphatic heterocycles. The molecule has 5 heteroatoms. The van der Waals surface area contributed by atoms with E-state index in [1.54, 1.807) is 0 Å². The number of carbonyl (C=O) groups excluding carboxylic acids is 1. The summed E-state index contributed by atoms with van der Waals surface area (Å²) in [5, 5.41) is 8.56. The number of carbonyl (C=O) groups is 1. The summed E-state index contributed by atoms with van der Waals surface area (Å²) in [6.45, 7) is 2.03. The van der Waals surface area contributed by atoms with Crippen LogP contribution in [0.5, 0.6) is 0 Å². The summed E-state index contributed by atoms with van der Waals surface area (Å²) in [4.78, 5) is 12.7. The molecule has 3 N–H and O–H groups in total. The Labute approximate surface area is 78.5 Å². The molecular formula is C8H18N2O3. The number of nitrogens with zero attached hydrogens (tertiary/aromatic N) is 1. The van der Waals surface area contributed by atoms with Gasteiger partial charge in [0.15, 0.2) is 0 Å². The smallest absolute Gasteiger partial charge is 0.307 e. The summed E-state index contributed by atoms with van der Waals surface area (Å²) < 4.78 is 4.86. The van der Waals surface area contributed by atoms with Crippen LogP contribution < -0.4 is 5.73 Å². The van der Waals surface area contributed by atoms with Gasteiger partial charge in [0.1, 0.15) is 6.61 Å². The molecule has 13 heavy (non-hydrogen) atoms. The lowest BCUT2D eigenvalue weighted by Crippen LogP contribution is -2.27. The first-order chi connectivity index (χ1) is 6.20. The molecule has 0 bridgehead atoms. The maximum absolute atomic E-state index is 10.8. The van der Waals surface area contributed by atoms with E-state index in [2.05, 4.69) is 0 Å². The molecule has 0 saturated heterocycles. The zero-order valence-corrected chi connectivity index (χ0v) is 8.03. The van der Waals surface area contributed by atoms with Crippen LogP contribution in [0.1, 0.15) is 6.42 Å². The molecule has 0 aliphatic carbocycles. The zero-order valence-electron chi connectivity index (χ0n) is 8.03. The van der Waals surface area contributed by atoms with Gasteiger partial charge in [0.25, 0.3) is 0 Å². The summed E-state index contributed by atoms with van der Waals surface area (Å²) in [7, 11) is 1.85. The topological polar surface area (TPSA) is 75.8 Å². The van der Waals surface area contributed by atoms with Crippen molar-refractivity contribution in [2.45, 2.75) is 6.42 Å². The first-order valence-electron chi connectivity index (χ1n) is 4.35. The summed E-state index contributed by atoms with van der Waals surface area (Å²) >= 11 is 0. The Bertz CT molecular complexity index is 141. The third kappa shape index (κ3) is 7.70. The predicted molar refractivity (Wildman–Crippen MR) is 49.2 cm³/mol. The predicted octanol–water partition coefficient (Wildman–Crippen LogP) is -1.20. The Morgan fingerprint density at radius 1 is 1.54 bits per heavy atom. The van der Waals surface area contributed by atoms with Crippen molar-refractivity contribution in [2.75, 3.05) is 39.9 Å². The van der Waals surface area contributed by atoms with Crippen LogP contribution in [0.15, 0.2) is 0 Å². The van der Waals surface area contributed by atoms with Crippen molar-refractivity contribution in [1.29, 1.82) is 0 Å². The highest BCUT2D eigenvalue weighted by atomic mass is 16.5. The molecule has 0 fully saturated rings. The lowest BCUT2D eigenvalue weighted by atomic mass is 10.4. The van der Waals surface area contributed by atoms with Crippen molar-refractivity contribution >= 4 is 5.97 Å². The van der Waals surface area contributed by atoms with Crippen molar-refractivity contribution in [2.24, 2.45) is 5.73 Å². The average molecular weight is 190 g/mol. The van der Waals surface area contributed by atoms with Crippen LogP contribution >= 0.6 is 0 Å². The molecule has 0 rings (SSSR count). The van der Waals surface area contributed by atoms with Crippen molar-refractivity contribution in [1.82, 2.24) is 4.90 Å². The van der Waals surface area contributed by atoms with E-state index in [1.807, 2.05) is 11.9 Å². The molecule has 0 unspecified atom stereocenters. The Kier molecular flexibility index (Phi) is 7.57. The lowest BCUT2D eigenvalue weighted by Gasteiger charge is -2.14. The van der Waals surface area contributed by atoms with Gasteiger partial charge in [-0.15, -0.1) is 0 Å². The zero-order chi connectivity index (χ0) is 10.1. The highest BCUT2D eigenvalue weighted by molar-refractivity contribution is 5.69. The van der Waals surface area contributed by atoms with E-state index in [9.17, 15) is 4.79 Å². The van der Waals surface area contributed by atoms with Gasteiger partial charge in [0.2, 0.25) is 0 Å². The molecular weight excluding hydrogens is 172 g/mol. The Morgan fingerprint density at radius 2 is 2.23 bits per heavy atom. The second-order valence-electron chi connectivity index (χ2n) is 2.79. The number of ether oxygens (including phenoxy) is 1. The minimum atomic E-state index is -0.264. The molecule has 0 atom stereocenters. The van der Waals surface area contributed by atoms with Crippen LogP contribution in [-0.2, 0) is 9.53 Å². The molecule has 0 aromatic heterocycles. The molecule has 0 aliphatic rings. The van der Waals surface area contributed by atoms with E-state index in [-0.39, 0.29) is 19.0 Å². The van der Waals surface area contributed by atoms with E-state index >= 15 is 0 Å². The lowest BCUT2D eigenvalue weighted by molar-refractivity contribution is -0.143. The van der Waals surface area contributed by atoms with E-state index in [0.717, 1.165) is 0 Å². The fourth-order valence-electron chi connectivity index (χ4n) is 0.788. The number of esters is 1. The summed E-state index contributed by atoms with van der Waals surface area (Å²) in [5.41, 5.74) is 5.16. The highest BCUT2D eigenvalue weighted by Gasteiger charge is 2.01. The highest BCUT2D eigenvalue weighted by Crippen LogP contribution is 1.86.